The van der Waals surface area contributed by atoms with Crippen LogP contribution >= 0.6 is 0 Å². The van der Waals surface area contributed by atoms with Gasteiger partial charge in [-0.15, -0.1) is 0 Å². The summed E-state index contributed by atoms with van der Waals surface area (Å²) in [5.74, 6) is 2.92. The summed E-state index contributed by atoms with van der Waals surface area (Å²) in [6, 6.07) is 0. The van der Waals surface area contributed by atoms with E-state index in [1.165, 1.54) is 231 Å². The van der Waals surface area contributed by atoms with Crippen molar-refractivity contribution in [3.05, 3.63) is 23.9 Å². The van der Waals surface area contributed by atoms with Gasteiger partial charge in [-0.25, -0.2) is 15.0 Å². The smallest absolute Gasteiger partial charge is 0.136 e. The number of unbranched alkanes of at least 4 members (excludes halogenated alkanes) is 34. The first-order chi connectivity index (χ1) is 23.8. The van der Waals surface area contributed by atoms with E-state index in [-0.39, 0.29) is 0 Å². The normalized spacial score (nSPS) is 11.6. The molecule has 0 aromatic carbocycles. The van der Waals surface area contributed by atoms with Gasteiger partial charge >= 0.3 is 0 Å². The lowest BCUT2D eigenvalue weighted by molar-refractivity contribution is 0.523. The van der Waals surface area contributed by atoms with Crippen molar-refractivity contribution in [3.8, 4) is 0 Å². The van der Waals surface area contributed by atoms with Crippen molar-refractivity contribution in [1.29, 1.82) is 0 Å². The third-order valence-electron chi connectivity index (χ3n) is 10.5. The van der Waals surface area contributed by atoms with Gasteiger partial charge in [0.25, 0.3) is 0 Å². The van der Waals surface area contributed by atoms with Crippen molar-refractivity contribution in [2.24, 2.45) is 0 Å². The predicted octanol–water partition coefficient (Wildman–Crippen LogP) is 15.6. The second-order valence-electron chi connectivity index (χ2n) is 15.3. The molecule has 281 valence electrons. The number of aromatic nitrogens is 3. The third kappa shape index (κ3) is 31.0. The molecule has 0 saturated heterocycles. The molecule has 48 heavy (non-hydrogen) atoms. The van der Waals surface area contributed by atoms with Gasteiger partial charge in [0.2, 0.25) is 0 Å². The number of aryl methyl sites for hydroxylation is 2. The molecule has 0 N–H and O–H groups in total. The number of hydrogen-bond donors (Lipinski definition) is 0. The molecule has 0 unspecified atom stereocenters. The first kappa shape index (κ1) is 45.0. The Balaban J connectivity index is 1.93. The van der Waals surface area contributed by atoms with E-state index in [1.807, 2.05) is 6.42 Å². The maximum atomic E-state index is 4.87. The van der Waals surface area contributed by atoms with Crippen LogP contribution in [0.15, 0.2) is 0 Å². The van der Waals surface area contributed by atoms with Crippen molar-refractivity contribution in [1.82, 2.24) is 15.0 Å². The van der Waals surface area contributed by atoms with E-state index in [0.29, 0.717) is 0 Å². The van der Waals surface area contributed by atoms with Gasteiger partial charge in [-0.1, -0.05) is 239 Å². The molecule has 0 aliphatic carbocycles. The Labute approximate surface area is 302 Å². The van der Waals surface area contributed by atoms with Crippen LogP contribution in [0.1, 0.15) is 269 Å². The molecule has 0 bridgehead atoms. The molecule has 0 atom stereocenters. The molecule has 0 amide bonds. The van der Waals surface area contributed by atoms with Gasteiger partial charge in [-0.3, -0.25) is 0 Å². The average molecular weight is 669 g/mol. The highest BCUT2D eigenvalue weighted by molar-refractivity contribution is 5.04. The van der Waals surface area contributed by atoms with Gasteiger partial charge in [-0.2, -0.15) is 0 Å². The summed E-state index contributed by atoms with van der Waals surface area (Å²) < 4.78 is 0. The molecule has 1 aromatic rings. The van der Waals surface area contributed by atoms with Crippen molar-refractivity contribution >= 4 is 0 Å². The standard InChI is InChI=1S/C45H86N3/c1-4-7-9-11-13-15-17-19-21-23-25-27-29-31-33-35-37-39-41-44-46-43(6-3)47-45(48-44)42-40-38-36-34-32-30-28-26-24-22-20-18-16-14-12-10-8-5-2/h6H,4-5,7-42H2,1-3H3. The second kappa shape index (κ2) is 37.3. The fourth-order valence-electron chi connectivity index (χ4n) is 7.21. The number of rotatable bonds is 39. The van der Waals surface area contributed by atoms with Crippen molar-refractivity contribution in [3.63, 3.8) is 0 Å². The van der Waals surface area contributed by atoms with Crippen LogP contribution in [0.25, 0.3) is 0 Å². The quantitative estimate of drug-likeness (QED) is 0.0655. The highest BCUT2D eigenvalue weighted by Gasteiger charge is 2.06. The maximum Gasteiger partial charge on any atom is 0.136 e. The van der Waals surface area contributed by atoms with Crippen LogP contribution in [0.2, 0.25) is 0 Å². The highest BCUT2D eigenvalue weighted by atomic mass is 15.0. The molecule has 0 spiro atoms. The lowest BCUT2D eigenvalue weighted by Crippen LogP contribution is -2.07. The molecule has 3 heteroatoms. The summed E-state index contributed by atoms with van der Waals surface area (Å²) in [5, 5.41) is 0. The molecule has 1 heterocycles. The van der Waals surface area contributed by atoms with Crippen LogP contribution in [0.5, 0.6) is 0 Å². The lowest BCUT2D eigenvalue weighted by atomic mass is 10.0. The third-order valence-corrected chi connectivity index (χ3v) is 10.5. The number of hydrogen-bond acceptors (Lipinski definition) is 3. The van der Waals surface area contributed by atoms with E-state index in [9.17, 15) is 0 Å². The minimum Gasteiger partial charge on any atom is -0.218 e. The molecule has 3 nitrogen and oxygen atoms in total. The summed E-state index contributed by atoms with van der Waals surface area (Å²) >= 11 is 0. The molecular formula is C45H86N3. The van der Waals surface area contributed by atoms with Crippen LogP contribution in [0.3, 0.4) is 0 Å². The van der Waals surface area contributed by atoms with E-state index in [4.69, 9.17) is 15.0 Å². The monoisotopic (exact) mass is 669 g/mol. The van der Waals surface area contributed by atoms with Gasteiger partial charge in [-0.05, 0) is 12.8 Å². The van der Waals surface area contributed by atoms with Crippen molar-refractivity contribution < 1.29 is 0 Å². The van der Waals surface area contributed by atoms with Gasteiger partial charge in [0.1, 0.15) is 17.5 Å². The fraction of sp³-hybridized carbons (Fsp3) is 0.911. The van der Waals surface area contributed by atoms with Gasteiger partial charge < -0.3 is 0 Å². The van der Waals surface area contributed by atoms with Crippen LogP contribution < -0.4 is 0 Å². The average Bonchev–Trinajstić information content (AvgIpc) is 3.10. The van der Waals surface area contributed by atoms with Gasteiger partial charge in [0.15, 0.2) is 0 Å². The van der Waals surface area contributed by atoms with Gasteiger partial charge in [0, 0.05) is 19.3 Å². The Morgan fingerprint density at radius 2 is 0.500 bits per heavy atom. The van der Waals surface area contributed by atoms with Crippen LogP contribution in [-0.4, -0.2) is 15.0 Å². The molecule has 1 aromatic heterocycles. The fourth-order valence-corrected chi connectivity index (χ4v) is 7.21. The van der Waals surface area contributed by atoms with E-state index in [1.54, 1.807) is 0 Å². The van der Waals surface area contributed by atoms with Gasteiger partial charge in [0.05, 0.1) is 0 Å². The van der Waals surface area contributed by atoms with Crippen molar-refractivity contribution in [2.45, 2.75) is 265 Å². The minimum atomic E-state index is 0.875. The first-order valence-electron chi connectivity index (χ1n) is 22.3. The molecule has 0 aliphatic heterocycles. The SMILES string of the molecule is C[CH]c1nc(CCCCCCCCCCCCCCCCCCCC)nc(CCCCCCCCCCCCCCCCCCCC)n1. The Morgan fingerprint density at radius 1 is 0.292 bits per heavy atom. The molecule has 0 saturated carbocycles. The first-order valence-corrected chi connectivity index (χ1v) is 22.3. The summed E-state index contributed by atoms with van der Waals surface area (Å²) in [6.07, 6.45) is 55.1. The summed E-state index contributed by atoms with van der Waals surface area (Å²) in [6.45, 7) is 6.66. The van der Waals surface area contributed by atoms with Crippen LogP contribution in [0.4, 0.5) is 0 Å². The Hall–Kier alpha value is -0.990. The number of nitrogens with zero attached hydrogens (tertiary/aromatic N) is 3. The Kier molecular flexibility index (Phi) is 35.0. The zero-order valence-corrected chi connectivity index (χ0v) is 33.3. The Bertz CT molecular complexity index is 704. The Morgan fingerprint density at radius 3 is 0.708 bits per heavy atom. The molecule has 1 rings (SSSR count). The predicted molar refractivity (Wildman–Crippen MR) is 214 cm³/mol. The topological polar surface area (TPSA) is 38.7 Å². The van der Waals surface area contributed by atoms with E-state index in [2.05, 4.69) is 20.8 Å². The molecule has 0 aliphatic rings. The van der Waals surface area contributed by atoms with Crippen LogP contribution in [0, 0.1) is 6.42 Å². The largest absolute Gasteiger partial charge is 0.218 e. The zero-order chi connectivity index (χ0) is 34.4. The second-order valence-corrected chi connectivity index (χ2v) is 15.3. The van der Waals surface area contributed by atoms with E-state index >= 15 is 0 Å². The minimum absolute atomic E-state index is 0.875. The van der Waals surface area contributed by atoms with E-state index < -0.39 is 0 Å². The molecule has 0 fully saturated rings. The zero-order valence-electron chi connectivity index (χ0n) is 33.3. The van der Waals surface area contributed by atoms with Crippen LogP contribution in [-0.2, 0) is 12.8 Å². The summed E-state index contributed by atoms with van der Waals surface area (Å²) in [4.78, 5) is 14.3. The van der Waals surface area contributed by atoms with E-state index in [0.717, 1.165) is 30.3 Å². The maximum absolute atomic E-state index is 4.87. The molecular weight excluding hydrogens is 583 g/mol. The van der Waals surface area contributed by atoms with Crippen molar-refractivity contribution in [2.75, 3.05) is 0 Å². The molecule has 1 radical (unpaired) electrons. The summed E-state index contributed by atoms with van der Waals surface area (Å²) in [7, 11) is 0. The lowest BCUT2D eigenvalue weighted by Gasteiger charge is -2.07. The summed E-state index contributed by atoms with van der Waals surface area (Å²) in [5.41, 5.74) is 0. The highest BCUT2D eigenvalue weighted by Crippen LogP contribution is 2.17.